The molecule has 4 rings (SSSR count). The van der Waals surface area contributed by atoms with Crippen LogP contribution in [0.25, 0.3) is 5.69 Å². The van der Waals surface area contributed by atoms with Gasteiger partial charge in [0.2, 0.25) is 5.13 Å². The first-order chi connectivity index (χ1) is 15.6. The Kier molecular flexibility index (Phi) is 6.52. The molecular weight excluding hydrogens is 454 g/mol. The quantitative estimate of drug-likeness (QED) is 0.410. The Bertz CT molecular complexity index is 1230. The summed E-state index contributed by atoms with van der Waals surface area (Å²) in [5.74, 6) is 0.766. The minimum atomic E-state index is -0.402. The molecule has 0 unspecified atom stereocenters. The van der Waals surface area contributed by atoms with Gasteiger partial charge in [-0.25, -0.2) is 4.98 Å². The number of rotatable bonds is 8. The summed E-state index contributed by atoms with van der Waals surface area (Å²) in [7, 11) is 3.11. The van der Waals surface area contributed by atoms with Gasteiger partial charge in [0.25, 0.3) is 11.1 Å². The topological polar surface area (TPSA) is 100 Å². The molecule has 0 aliphatic carbocycles. The zero-order chi connectivity index (χ0) is 22.5. The van der Waals surface area contributed by atoms with E-state index in [0.717, 1.165) is 16.9 Å². The number of nitrogens with zero attached hydrogens (tertiary/aromatic N) is 4. The predicted molar refractivity (Wildman–Crippen MR) is 120 cm³/mol. The molecule has 0 spiro atoms. The number of carbonyl (C=O) groups is 1. The number of imidazole rings is 1. The number of anilines is 1. The van der Waals surface area contributed by atoms with Gasteiger partial charge in [-0.3, -0.25) is 14.7 Å². The van der Waals surface area contributed by atoms with Gasteiger partial charge in [-0.15, -0.1) is 5.10 Å². The molecule has 9 nitrogen and oxygen atoms in total. The van der Waals surface area contributed by atoms with Crippen LogP contribution in [0.1, 0.15) is 16.1 Å². The van der Waals surface area contributed by atoms with Crippen molar-refractivity contribution < 1.29 is 19.0 Å². The summed E-state index contributed by atoms with van der Waals surface area (Å²) >= 11 is 7.01. The van der Waals surface area contributed by atoms with Crippen molar-refractivity contribution in [1.29, 1.82) is 0 Å². The number of hydrogen-bond acceptors (Lipinski definition) is 8. The SMILES string of the molecule is COc1ccc(-n2cncc2C(=O)Nc2nnc(OCc3ccc(Cl)cc3)s2)c(OC)c1. The summed E-state index contributed by atoms with van der Waals surface area (Å²) < 4.78 is 17.9. The normalized spacial score (nSPS) is 10.6. The number of halogens is 1. The number of ether oxygens (including phenoxy) is 3. The van der Waals surface area contributed by atoms with Crippen molar-refractivity contribution in [3.8, 4) is 22.4 Å². The molecule has 2 heterocycles. The lowest BCUT2D eigenvalue weighted by molar-refractivity contribution is 0.102. The number of carbonyl (C=O) groups excluding carboxylic acids is 1. The largest absolute Gasteiger partial charge is 0.497 e. The van der Waals surface area contributed by atoms with Crippen molar-refractivity contribution in [2.45, 2.75) is 6.61 Å². The number of methoxy groups -OCH3 is 2. The maximum absolute atomic E-state index is 12.9. The van der Waals surface area contributed by atoms with Crippen LogP contribution < -0.4 is 19.5 Å². The zero-order valence-electron chi connectivity index (χ0n) is 17.1. The Balaban J connectivity index is 1.46. The van der Waals surface area contributed by atoms with E-state index in [1.807, 2.05) is 12.1 Å². The van der Waals surface area contributed by atoms with E-state index in [2.05, 4.69) is 20.5 Å². The highest BCUT2D eigenvalue weighted by atomic mass is 35.5. The summed E-state index contributed by atoms with van der Waals surface area (Å²) in [6.07, 6.45) is 2.98. The van der Waals surface area contributed by atoms with Crippen LogP contribution in [0, 0.1) is 0 Å². The number of hydrogen-bond donors (Lipinski definition) is 1. The van der Waals surface area contributed by atoms with Gasteiger partial charge < -0.3 is 14.2 Å². The maximum atomic E-state index is 12.9. The molecule has 0 aliphatic heterocycles. The summed E-state index contributed by atoms with van der Waals surface area (Å²) in [5.41, 5.74) is 1.88. The molecule has 164 valence electrons. The van der Waals surface area contributed by atoms with Gasteiger partial charge in [0, 0.05) is 11.1 Å². The van der Waals surface area contributed by atoms with Crippen molar-refractivity contribution in [2.75, 3.05) is 19.5 Å². The lowest BCUT2D eigenvalue weighted by atomic mass is 10.2. The van der Waals surface area contributed by atoms with Gasteiger partial charge in [0.1, 0.15) is 23.8 Å². The van der Waals surface area contributed by atoms with Crippen LogP contribution in [0.2, 0.25) is 5.02 Å². The van der Waals surface area contributed by atoms with Crippen LogP contribution in [0.4, 0.5) is 5.13 Å². The summed E-state index contributed by atoms with van der Waals surface area (Å²) in [6.45, 7) is 0.309. The highest BCUT2D eigenvalue weighted by Gasteiger charge is 2.18. The van der Waals surface area contributed by atoms with Crippen molar-refractivity contribution in [3.63, 3.8) is 0 Å². The Morgan fingerprint density at radius 3 is 2.69 bits per heavy atom. The van der Waals surface area contributed by atoms with Crippen LogP contribution in [-0.4, -0.2) is 39.9 Å². The van der Waals surface area contributed by atoms with Gasteiger partial charge in [0.05, 0.1) is 32.4 Å². The van der Waals surface area contributed by atoms with Gasteiger partial charge in [-0.1, -0.05) is 28.8 Å². The second kappa shape index (κ2) is 9.67. The number of benzene rings is 2. The Morgan fingerprint density at radius 2 is 1.94 bits per heavy atom. The summed E-state index contributed by atoms with van der Waals surface area (Å²) in [4.78, 5) is 17.0. The third kappa shape index (κ3) is 4.82. The molecule has 0 saturated heterocycles. The third-order valence-electron chi connectivity index (χ3n) is 4.42. The van der Waals surface area contributed by atoms with E-state index in [4.69, 9.17) is 25.8 Å². The molecular formula is C21H18ClN5O4S. The number of amides is 1. The van der Waals surface area contributed by atoms with Gasteiger partial charge in [-0.2, -0.15) is 0 Å². The first-order valence-electron chi connectivity index (χ1n) is 9.34. The molecule has 0 radical (unpaired) electrons. The van der Waals surface area contributed by atoms with Crippen LogP contribution in [0.5, 0.6) is 16.7 Å². The Morgan fingerprint density at radius 1 is 1.12 bits per heavy atom. The fourth-order valence-electron chi connectivity index (χ4n) is 2.84. The molecule has 4 aromatic rings. The van der Waals surface area contributed by atoms with E-state index < -0.39 is 5.91 Å². The third-order valence-corrected chi connectivity index (χ3v) is 5.42. The fourth-order valence-corrected chi connectivity index (χ4v) is 3.56. The second-order valence-electron chi connectivity index (χ2n) is 6.43. The highest BCUT2D eigenvalue weighted by Crippen LogP contribution is 2.29. The average molecular weight is 472 g/mol. The molecule has 2 aromatic carbocycles. The molecule has 11 heteroatoms. The molecule has 0 atom stereocenters. The highest BCUT2D eigenvalue weighted by molar-refractivity contribution is 7.17. The van der Waals surface area contributed by atoms with Crippen LogP contribution in [0.15, 0.2) is 55.0 Å². The Hall–Kier alpha value is -3.63. The minimum Gasteiger partial charge on any atom is -0.497 e. The van der Waals surface area contributed by atoms with Gasteiger partial charge in [0.15, 0.2) is 0 Å². The van der Waals surface area contributed by atoms with Crippen molar-refractivity contribution >= 4 is 34.0 Å². The molecule has 2 aromatic heterocycles. The predicted octanol–water partition coefficient (Wildman–Crippen LogP) is 4.23. The molecule has 0 aliphatic rings. The maximum Gasteiger partial charge on any atom is 0.296 e. The smallest absolute Gasteiger partial charge is 0.296 e. The van der Waals surface area contributed by atoms with Crippen LogP contribution >= 0.6 is 22.9 Å². The average Bonchev–Trinajstić information content (AvgIpc) is 3.48. The molecule has 1 amide bonds. The van der Waals surface area contributed by atoms with E-state index in [0.29, 0.717) is 44.8 Å². The summed E-state index contributed by atoms with van der Waals surface area (Å²) in [5, 5.41) is 11.9. The van der Waals surface area contributed by atoms with Crippen molar-refractivity contribution in [3.05, 3.63) is 71.3 Å². The summed E-state index contributed by atoms with van der Waals surface area (Å²) in [6, 6.07) is 12.6. The molecule has 0 fully saturated rings. The Labute approximate surface area is 192 Å². The molecule has 0 bridgehead atoms. The number of aromatic nitrogens is 4. The van der Waals surface area contributed by atoms with Gasteiger partial charge >= 0.3 is 0 Å². The van der Waals surface area contributed by atoms with E-state index in [9.17, 15) is 4.79 Å². The lowest BCUT2D eigenvalue weighted by Gasteiger charge is -2.13. The van der Waals surface area contributed by atoms with E-state index in [1.54, 1.807) is 49.1 Å². The van der Waals surface area contributed by atoms with E-state index in [1.165, 1.54) is 12.5 Å². The van der Waals surface area contributed by atoms with E-state index in [-0.39, 0.29) is 0 Å². The standard InChI is InChI=1S/C21H18ClN5O4S/c1-29-15-7-8-16(18(9-15)30-2)27-12-23-10-17(27)19(28)24-20-25-26-21(32-20)31-11-13-3-5-14(22)6-4-13/h3-10,12H,11H2,1-2H3,(H,24,25,28). The first-order valence-corrected chi connectivity index (χ1v) is 10.5. The van der Waals surface area contributed by atoms with Crippen molar-refractivity contribution in [2.24, 2.45) is 0 Å². The molecule has 0 saturated carbocycles. The number of nitrogens with one attached hydrogen (secondary N) is 1. The van der Waals surface area contributed by atoms with Crippen molar-refractivity contribution in [1.82, 2.24) is 19.7 Å². The lowest BCUT2D eigenvalue weighted by Crippen LogP contribution is -2.16. The molecule has 32 heavy (non-hydrogen) atoms. The zero-order valence-corrected chi connectivity index (χ0v) is 18.7. The monoisotopic (exact) mass is 471 g/mol. The van der Waals surface area contributed by atoms with Crippen LogP contribution in [0.3, 0.4) is 0 Å². The van der Waals surface area contributed by atoms with E-state index >= 15 is 0 Å². The fraction of sp³-hybridized carbons (Fsp3) is 0.143. The van der Waals surface area contributed by atoms with Gasteiger partial charge in [-0.05, 0) is 41.2 Å². The van der Waals surface area contributed by atoms with Crippen LogP contribution in [-0.2, 0) is 6.61 Å². The second-order valence-corrected chi connectivity index (χ2v) is 7.81. The first kappa shape index (κ1) is 21.6. The molecule has 1 N–H and O–H groups in total. The minimum absolute atomic E-state index is 0.298.